The van der Waals surface area contributed by atoms with E-state index in [1.807, 2.05) is 12.1 Å². The van der Waals surface area contributed by atoms with Crippen LogP contribution in [0, 0.1) is 11.8 Å². The van der Waals surface area contributed by atoms with Gasteiger partial charge in [-0.2, -0.15) is 5.10 Å². The van der Waals surface area contributed by atoms with Crippen molar-refractivity contribution in [1.29, 1.82) is 0 Å². The van der Waals surface area contributed by atoms with Crippen molar-refractivity contribution in [3.05, 3.63) is 72.3 Å². The molecule has 2 aromatic carbocycles. The number of rotatable bonds is 4. The highest BCUT2D eigenvalue weighted by molar-refractivity contribution is 6.24. The average Bonchev–Trinajstić information content (AvgIpc) is 3.26. The number of carbonyl (C=O) groups excluding carboxylic acids is 3. The monoisotopic (exact) mass is 401 g/mol. The molecule has 0 N–H and O–H groups in total. The van der Waals surface area contributed by atoms with E-state index in [1.165, 1.54) is 4.90 Å². The summed E-state index contributed by atoms with van der Waals surface area (Å²) >= 11 is 0. The summed E-state index contributed by atoms with van der Waals surface area (Å²) < 4.78 is 5.16. The Hall–Kier alpha value is -3.74. The molecule has 0 aliphatic carbocycles. The third-order valence-corrected chi connectivity index (χ3v) is 5.95. The van der Waals surface area contributed by atoms with Gasteiger partial charge in [-0.1, -0.05) is 24.3 Å². The number of ketones is 1. The van der Waals surface area contributed by atoms with E-state index >= 15 is 0 Å². The summed E-state index contributed by atoms with van der Waals surface area (Å²) in [5, 5.41) is 5.97. The van der Waals surface area contributed by atoms with Crippen LogP contribution in [-0.4, -0.2) is 48.0 Å². The molecule has 3 heterocycles. The summed E-state index contributed by atoms with van der Waals surface area (Å²) in [7, 11) is 1.55. The number of hydrogen-bond donors (Lipinski definition) is 0. The number of nitrogens with zero attached hydrogens (tertiary/aromatic N) is 3. The number of benzene rings is 2. The van der Waals surface area contributed by atoms with E-state index in [4.69, 9.17) is 4.74 Å². The first-order chi connectivity index (χ1) is 14.6. The second-order valence-corrected chi connectivity index (χ2v) is 7.46. The first-order valence-electron chi connectivity index (χ1n) is 9.72. The van der Waals surface area contributed by atoms with Crippen LogP contribution < -0.4 is 9.64 Å². The van der Waals surface area contributed by atoms with Crippen molar-refractivity contribution in [2.75, 3.05) is 12.0 Å². The number of hydrazone groups is 1. The zero-order valence-electron chi connectivity index (χ0n) is 16.2. The van der Waals surface area contributed by atoms with E-state index in [1.54, 1.807) is 72.9 Å². The number of para-hydroxylation sites is 1. The smallest absolute Gasteiger partial charge is 0.240 e. The number of imide groups is 1. The van der Waals surface area contributed by atoms with E-state index in [9.17, 15) is 14.4 Å². The van der Waals surface area contributed by atoms with Crippen LogP contribution in [0.15, 0.2) is 71.9 Å². The summed E-state index contributed by atoms with van der Waals surface area (Å²) in [5.74, 6) is -1.71. The minimum Gasteiger partial charge on any atom is -0.497 e. The van der Waals surface area contributed by atoms with Crippen molar-refractivity contribution in [3.63, 3.8) is 0 Å². The van der Waals surface area contributed by atoms with Gasteiger partial charge in [-0.25, -0.2) is 4.90 Å². The number of anilines is 1. The van der Waals surface area contributed by atoms with Gasteiger partial charge in [0.2, 0.25) is 11.8 Å². The third-order valence-electron chi connectivity index (χ3n) is 5.95. The third kappa shape index (κ3) is 2.58. The maximum absolute atomic E-state index is 13.5. The molecule has 7 nitrogen and oxygen atoms in total. The number of methoxy groups -OCH3 is 1. The predicted molar refractivity (Wildman–Crippen MR) is 110 cm³/mol. The Morgan fingerprint density at radius 2 is 1.67 bits per heavy atom. The van der Waals surface area contributed by atoms with Gasteiger partial charge in [0, 0.05) is 11.8 Å². The van der Waals surface area contributed by atoms with Gasteiger partial charge in [-0.3, -0.25) is 19.4 Å². The van der Waals surface area contributed by atoms with Crippen LogP contribution >= 0.6 is 0 Å². The van der Waals surface area contributed by atoms with Gasteiger partial charge in [0.1, 0.15) is 11.8 Å². The lowest BCUT2D eigenvalue weighted by molar-refractivity contribution is -0.123. The molecule has 0 aromatic heterocycles. The molecule has 2 fully saturated rings. The van der Waals surface area contributed by atoms with Gasteiger partial charge in [0.25, 0.3) is 0 Å². The fourth-order valence-corrected chi connectivity index (χ4v) is 4.59. The van der Waals surface area contributed by atoms with E-state index in [0.717, 1.165) is 0 Å². The standard InChI is InChI=1S/C23H19N3O4/c1-30-16-11-9-14(10-12-16)21(27)20-19-18(17-8-5-13-24-26(17)20)22(28)25(23(19)29)15-6-3-2-4-7-15/h2-13,17-20H,1H3/t17-,18+,19+,20-/m1/s1. The highest BCUT2D eigenvalue weighted by Gasteiger charge is 2.64. The Kier molecular flexibility index (Phi) is 4.24. The molecule has 150 valence electrons. The fourth-order valence-electron chi connectivity index (χ4n) is 4.59. The Morgan fingerprint density at radius 1 is 0.967 bits per heavy atom. The number of hydrogen-bond acceptors (Lipinski definition) is 6. The predicted octanol–water partition coefficient (Wildman–Crippen LogP) is 2.29. The molecule has 0 radical (unpaired) electrons. The van der Waals surface area contributed by atoms with Crippen LogP contribution in [0.1, 0.15) is 10.4 Å². The Morgan fingerprint density at radius 3 is 2.37 bits per heavy atom. The molecular formula is C23H19N3O4. The van der Waals surface area contributed by atoms with Gasteiger partial charge in [-0.05, 0) is 42.5 Å². The van der Waals surface area contributed by atoms with Crippen LogP contribution in [-0.2, 0) is 9.59 Å². The van der Waals surface area contributed by atoms with Crippen molar-refractivity contribution in [3.8, 4) is 5.75 Å². The second-order valence-electron chi connectivity index (χ2n) is 7.46. The van der Waals surface area contributed by atoms with Crippen LogP contribution in [0.3, 0.4) is 0 Å². The molecule has 0 saturated carbocycles. The normalized spacial score (nSPS) is 26.7. The molecule has 2 aromatic rings. The van der Waals surface area contributed by atoms with Gasteiger partial charge >= 0.3 is 0 Å². The molecule has 2 amide bonds. The lowest BCUT2D eigenvalue weighted by Crippen LogP contribution is -2.46. The van der Waals surface area contributed by atoms with Crippen molar-refractivity contribution >= 4 is 29.5 Å². The second kappa shape index (κ2) is 6.95. The van der Waals surface area contributed by atoms with Crippen LogP contribution in [0.5, 0.6) is 5.75 Å². The van der Waals surface area contributed by atoms with Crippen molar-refractivity contribution in [1.82, 2.24) is 5.01 Å². The number of ether oxygens (including phenoxy) is 1. The molecule has 0 unspecified atom stereocenters. The summed E-state index contributed by atoms with van der Waals surface area (Å²) in [6.45, 7) is 0. The fraction of sp³-hybridized carbons (Fsp3) is 0.217. The van der Waals surface area contributed by atoms with Gasteiger partial charge < -0.3 is 4.74 Å². The SMILES string of the molecule is COc1ccc(C(=O)[C@H]2[C@H]3C(=O)N(c4ccccc4)C(=O)[C@H]3[C@H]3C=CC=NN32)cc1. The zero-order chi connectivity index (χ0) is 20.8. The van der Waals surface area contributed by atoms with E-state index in [2.05, 4.69) is 5.10 Å². The lowest BCUT2D eigenvalue weighted by atomic mass is 9.86. The van der Waals surface area contributed by atoms with Crippen molar-refractivity contribution in [2.45, 2.75) is 12.1 Å². The van der Waals surface area contributed by atoms with Crippen LogP contribution in [0.4, 0.5) is 5.69 Å². The quantitative estimate of drug-likeness (QED) is 0.580. The molecule has 0 spiro atoms. The molecule has 0 bridgehead atoms. The number of amides is 2. The molecular weight excluding hydrogens is 382 g/mol. The highest BCUT2D eigenvalue weighted by Crippen LogP contribution is 2.46. The van der Waals surface area contributed by atoms with Crippen molar-refractivity contribution in [2.24, 2.45) is 16.9 Å². The van der Waals surface area contributed by atoms with Crippen LogP contribution in [0.2, 0.25) is 0 Å². The van der Waals surface area contributed by atoms with Gasteiger partial charge in [-0.15, -0.1) is 0 Å². The Labute approximate surface area is 173 Å². The average molecular weight is 401 g/mol. The summed E-state index contributed by atoms with van der Waals surface area (Å²) in [6, 6.07) is 14.3. The summed E-state index contributed by atoms with van der Waals surface area (Å²) in [4.78, 5) is 41.4. The largest absolute Gasteiger partial charge is 0.497 e. The van der Waals surface area contributed by atoms with Crippen LogP contribution in [0.25, 0.3) is 0 Å². The maximum atomic E-state index is 13.5. The Bertz CT molecular complexity index is 1080. The Balaban J connectivity index is 1.56. The zero-order valence-corrected chi connectivity index (χ0v) is 16.2. The summed E-state index contributed by atoms with van der Waals surface area (Å²) in [5.41, 5.74) is 0.968. The molecule has 3 aliphatic rings. The van der Waals surface area contributed by atoms with Gasteiger partial charge in [0.15, 0.2) is 5.78 Å². The number of carbonyl (C=O) groups is 3. The van der Waals surface area contributed by atoms with E-state index < -0.39 is 23.9 Å². The van der Waals surface area contributed by atoms with Gasteiger partial charge in [0.05, 0.1) is 30.7 Å². The summed E-state index contributed by atoms with van der Waals surface area (Å²) in [6.07, 6.45) is 5.17. The lowest BCUT2D eigenvalue weighted by Gasteiger charge is -2.30. The molecule has 30 heavy (non-hydrogen) atoms. The molecule has 4 atom stereocenters. The maximum Gasteiger partial charge on any atom is 0.240 e. The minimum atomic E-state index is -0.847. The molecule has 7 heteroatoms. The highest BCUT2D eigenvalue weighted by atomic mass is 16.5. The molecule has 2 saturated heterocycles. The number of Topliss-reactive ketones (excluding diaryl/α,β-unsaturated/α-hetero) is 1. The first-order valence-corrected chi connectivity index (χ1v) is 9.72. The first kappa shape index (κ1) is 18.3. The number of allylic oxidation sites excluding steroid dienone is 1. The van der Waals surface area contributed by atoms with E-state index in [0.29, 0.717) is 17.0 Å². The number of fused-ring (bicyclic) bond motifs is 3. The molecule has 5 rings (SSSR count). The minimum absolute atomic E-state index is 0.237. The van der Waals surface area contributed by atoms with Crippen molar-refractivity contribution < 1.29 is 19.1 Å². The topological polar surface area (TPSA) is 79.3 Å². The van der Waals surface area contributed by atoms with E-state index in [-0.39, 0.29) is 17.6 Å². The molecule has 3 aliphatic heterocycles.